The number of imidazole rings is 1. The van der Waals surface area contributed by atoms with Gasteiger partial charge in [-0.05, 0) is 32.0 Å². The first kappa shape index (κ1) is 12.3. The molecule has 0 saturated carbocycles. The molecule has 90 valence electrons. The Bertz CT molecular complexity index is 543. The van der Waals surface area contributed by atoms with Crippen molar-refractivity contribution in [3.63, 3.8) is 0 Å². The van der Waals surface area contributed by atoms with E-state index in [1.807, 2.05) is 13.8 Å². The topological polar surface area (TPSA) is 43.8 Å². The van der Waals surface area contributed by atoms with Crippen LogP contribution < -0.4 is 5.73 Å². The van der Waals surface area contributed by atoms with Gasteiger partial charge in [-0.25, -0.2) is 9.37 Å². The molecule has 1 heterocycles. The first-order chi connectivity index (χ1) is 7.89. The monoisotopic (exact) mass is 297 g/mol. The normalized spacial score (nSPS) is 11.8. The van der Waals surface area contributed by atoms with Crippen molar-refractivity contribution in [2.45, 2.75) is 19.4 Å². The molecule has 0 aliphatic carbocycles. The minimum atomic E-state index is -0.578. The number of hydrogen-bond donors (Lipinski definition) is 1. The van der Waals surface area contributed by atoms with Gasteiger partial charge in [-0.15, -0.1) is 0 Å². The van der Waals surface area contributed by atoms with Crippen molar-refractivity contribution >= 4 is 15.9 Å². The number of hydrogen-bond acceptors (Lipinski definition) is 2. The zero-order valence-electron chi connectivity index (χ0n) is 9.61. The lowest BCUT2D eigenvalue weighted by Crippen LogP contribution is -2.31. The smallest absolute Gasteiger partial charge is 0.147 e. The van der Waals surface area contributed by atoms with Crippen LogP contribution in [-0.2, 0) is 5.54 Å². The maximum atomic E-state index is 13.8. The Morgan fingerprint density at radius 2 is 2.12 bits per heavy atom. The summed E-state index contributed by atoms with van der Waals surface area (Å²) in [5.74, 6) is -0.309. The average Bonchev–Trinajstić information content (AvgIpc) is 2.69. The van der Waals surface area contributed by atoms with Crippen molar-refractivity contribution in [3.8, 4) is 5.69 Å². The molecule has 0 unspecified atom stereocenters. The van der Waals surface area contributed by atoms with Crippen LogP contribution in [0.5, 0.6) is 0 Å². The fourth-order valence-electron chi connectivity index (χ4n) is 1.63. The molecule has 3 nitrogen and oxygen atoms in total. The van der Waals surface area contributed by atoms with Crippen LogP contribution in [0.1, 0.15) is 19.5 Å². The number of halogens is 2. The number of nitrogens with zero attached hydrogens (tertiary/aromatic N) is 2. The third kappa shape index (κ3) is 2.40. The van der Waals surface area contributed by atoms with E-state index in [1.165, 1.54) is 6.07 Å². The molecule has 0 radical (unpaired) electrons. The van der Waals surface area contributed by atoms with E-state index in [-0.39, 0.29) is 5.82 Å². The lowest BCUT2D eigenvalue weighted by atomic mass is 10.0. The minimum Gasteiger partial charge on any atom is -0.321 e. The predicted octanol–water partition coefficient (Wildman–Crippen LogP) is 2.97. The summed E-state index contributed by atoms with van der Waals surface area (Å²) in [5.41, 5.74) is 6.65. The highest BCUT2D eigenvalue weighted by atomic mass is 79.9. The highest BCUT2D eigenvalue weighted by Crippen LogP contribution is 2.24. The molecule has 0 saturated heterocycles. The summed E-state index contributed by atoms with van der Waals surface area (Å²) in [6.45, 7) is 3.72. The van der Waals surface area contributed by atoms with Crippen LogP contribution >= 0.6 is 15.9 Å². The summed E-state index contributed by atoms with van der Waals surface area (Å²) in [6.07, 6.45) is 3.22. The summed E-state index contributed by atoms with van der Waals surface area (Å²) in [5, 5.41) is 0. The van der Waals surface area contributed by atoms with E-state index in [1.54, 1.807) is 29.2 Å². The highest BCUT2D eigenvalue weighted by Gasteiger charge is 2.21. The number of benzene rings is 1. The van der Waals surface area contributed by atoms with E-state index < -0.39 is 5.54 Å². The second-order valence-electron chi connectivity index (χ2n) is 4.47. The lowest BCUT2D eigenvalue weighted by Gasteiger charge is -2.21. The van der Waals surface area contributed by atoms with E-state index in [0.29, 0.717) is 5.69 Å². The number of aromatic nitrogens is 2. The Labute approximate surface area is 108 Å². The molecule has 0 spiro atoms. The van der Waals surface area contributed by atoms with Crippen molar-refractivity contribution in [3.05, 3.63) is 46.7 Å². The van der Waals surface area contributed by atoms with E-state index in [9.17, 15) is 4.39 Å². The Balaban J connectivity index is 2.61. The van der Waals surface area contributed by atoms with Crippen molar-refractivity contribution < 1.29 is 4.39 Å². The SMILES string of the molecule is CC(C)(N)c1cncn1-c1cc(Br)ccc1F. The molecule has 2 aromatic rings. The van der Waals surface area contributed by atoms with Gasteiger partial charge in [-0.3, -0.25) is 4.57 Å². The van der Waals surface area contributed by atoms with Crippen molar-refractivity contribution in [2.24, 2.45) is 5.73 Å². The van der Waals surface area contributed by atoms with E-state index in [0.717, 1.165) is 10.2 Å². The van der Waals surface area contributed by atoms with Crippen LogP contribution in [-0.4, -0.2) is 9.55 Å². The van der Waals surface area contributed by atoms with Gasteiger partial charge < -0.3 is 5.73 Å². The maximum absolute atomic E-state index is 13.8. The van der Waals surface area contributed by atoms with Gasteiger partial charge >= 0.3 is 0 Å². The van der Waals surface area contributed by atoms with Crippen LogP contribution in [0, 0.1) is 5.82 Å². The molecule has 17 heavy (non-hydrogen) atoms. The zero-order valence-corrected chi connectivity index (χ0v) is 11.2. The molecular weight excluding hydrogens is 285 g/mol. The standard InChI is InChI=1S/C12H13BrFN3/c1-12(2,15)11-6-16-7-17(11)10-5-8(13)3-4-9(10)14/h3-7H,15H2,1-2H3. The predicted molar refractivity (Wildman–Crippen MR) is 68.4 cm³/mol. The minimum absolute atomic E-state index is 0.309. The molecular formula is C12H13BrFN3. The lowest BCUT2D eigenvalue weighted by molar-refractivity contribution is 0.519. The van der Waals surface area contributed by atoms with Crippen LogP contribution in [0.4, 0.5) is 4.39 Å². The van der Waals surface area contributed by atoms with Gasteiger partial charge in [-0.1, -0.05) is 15.9 Å². The largest absolute Gasteiger partial charge is 0.321 e. The van der Waals surface area contributed by atoms with Crippen molar-refractivity contribution in [2.75, 3.05) is 0 Å². The first-order valence-electron chi connectivity index (χ1n) is 5.17. The summed E-state index contributed by atoms with van der Waals surface area (Å²) < 4.78 is 16.3. The average molecular weight is 298 g/mol. The van der Waals surface area contributed by atoms with Gasteiger partial charge in [0.15, 0.2) is 0 Å². The van der Waals surface area contributed by atoms with Crippen LogP contribution in [0.3, 0.4) is 0 Å². The van der Waals surface area contributed by atoms with E-state index >= 15 is 0 Å². The summed E-state index contributed by atoms with van der Waals surface area (Å²) in [6, 6.07) is 4.77. The first-order valence-corrected chi connectivity index (χ1v) is 5.96. The van der Waals surface area contributed by atoms with Gasteiger partial charge in [0.05, 0.1) is 29.4 Å². The Hall–Kier alpha value is -1.20. The molecule has 0 bridgehead atoms. The molecule has 0 fully saturated rings. The number of rotatable bonds is 2. The van der Waals surface area contributed by atoms with Gasteiger partial charge in [-0.2, -0.15) is 0 Å². The van der Waals surface area contributed by atoms with Gasteiger partial charge in [0.2, 0.25) is 0 Å². The second-order valence-corrected chi connectivity index (χ2v) is 5.38. The Morgan fingerprint density at radius 3 is 2.76 bits per heavy atom. The Morgan fingerprint density at radius 1 is 1.41 bits per heavy atom. The Kier molecular flexibility index (Phi) is 3.05. The molecule has 0 amide bonds. The van der Waals surface area contributed by atoms with E-state index in [4.69, 9.17) is 5.73 Å². The molecule has 0 aliphatic heterocycles. The fraction of sp³-hybridized carbons (Fsp3) is 0.250. The molecule has 2 N–H and O–H groups in total. The van der Waals surface area contributed by atoms with Crippen LogP contribution in [0.2, 0.25) is 0 Å². The van der Waals surface area contributed by atoms with Crippen LogP contribution in [0.25, 0.3) is 5.69 Å². The van der Waals surface area contributed by atoms with Gasteiger partial charge in [0, 0.05) is 4.47 Å². The molecule has 1 aromatic heterocycles. The summed E-state index contributed by atoms with van der Waals surface area (Å²) in [7, 11) is 0. The third-order valence-electron chi connectivity index (χ3n) is 2.47. The highest BCUT2D eigenvalue weighted by molar-refractivity contribution is 9.10. The second kappa shape index (κ2) is 4.23. The van der Waals surface area contributed by atoms with Gasteiger partial charge in [0.1, 0.15) is 5.82 Å². The van der Waals surface area contributed by atoms with Crippen LogP contribution in [0.15, 0.2) is 35.2 Å². The third-order valence-corrected chi connectivity index (χ3v) is 2.96. The number of nitrogens with two attached hydrogens (primary N) is 1. The molecule has 5 heteroatoms. The molecule has 0 atom stereocenters. The van der Waals surface area contributed by atoms with E-state index in [2.05, 4.69) is 20.9 Å². The fourth-order valence-corrected chi connectivity index (χ4v) is 1.98. The molecule has 1 aromatic carbocycles. The molecule has 2 rings (SSSR count). The maximum Gasteiger partial charge on any atom is 0.147 e. The quantitative estimate of drug-likeness (QED) is 0.926. The van der Waals surface area contributed by atoms with Crippen molar-refractivity contribution in [1.82, 2.24) is 9.55 Å². The zero-order chi connectivity index (χ0) is 12.6. The summed E-state index contributed by atoms with van der Waals surface area (Å²) in [4.78, 5) is 4.04. The van der Waals surface area contributed by atoms with Gasteiger partial charge in [0.25, 0.3) is 0 Å². The van der Waals surface area contributed by atoms with Crippen molar-refractivity contribution in [1.29, 1.82) is 0 Å². The summed E-state index contributed by atoms with van der Waals surface area (Å²) >= 11 is 3.33. The molecule has 0 aliphatic rings.